The molecule has 1 fully saturated rings. The number of nitrogens with one attached hydrogen (secondary N) is 2. The molecule has 1 unspecified atom stereocenters. The molecule has 0 heterocycles. The standard InChI is InChI=1S/C23H28N2O3/c1-15-12-16(2)14-21(13-15)28-11-10-22(26)24-17(3)18-6-8-20(9-7-18)25-23(27)19-4-5-19/h6-9,12-14,17,19H,4-5,10-11H2,1-3H3,(H,24,26)(H,25,27). The Bertz CT molecular complexity index is 821. The number of hydrogen-bond donors (Lipinski definition) is 2. The molecule has 1 aliphatic carbocycles. The van der Waals surface area contributed by atoms with E-state index >= 15 is 0 Å². The molecule has 0 radical (unpaired) electrons. The van der Waals surface area contributed by atoms with Crippen molar-refractivity contribution in [3.05, 3.63) is 59.2 Å². The van der Waals surface area contributed by atoms with Crippen molar-refractivity contribution in [3.8, 4) is 5.75 Å². The highest BCUT2D eigenvalue weighted by molar-refractivity contribution is 5.94. The zero-order chi connectivity index (χ0) is 20.1. The lowest BCUT2D eigenvalue weighted by Gasteiger charge is -2.15. The molecule has 1 saturated carbocycles. The van der Waals surface area contributed by atoms with Gasteiger partial charge in [0.2, 0.25) is 11.8 Å². The van der Waals surface area contributed by atoms with Gasteiger partial charge in [-0.05, 0) is 74.6 Å². The van der Waals surface area contributed by atoms with Crippen LogP contribution in [0.1, 0.15) is 48.9 Å². The number of carbonyl (C=O) groups is 2. The van der Waals surface area contributed by atoms with E-state index in [1.54, 1.807) is 0 Å². The van der Waals surface area contributed by atoms with Crippen LogP contribution in [0, 0.1) is 19.8 Å². The van der Waals surface area contributed by atoms with Crippen molar-refractivity contribution in [1.29, 1.82) is 0 Å². The van der Waals surface area contributed by atoms with E-state index in [1.165, 1.54) is 0 Å². The number of benzene rings is 2. The fraction of sp³-hybridized carbons (Fsp3) is 0.391. The van der Waals surface area contributed by atoms with Gasteiger partial charge in [-0.3, -0.25) is 9.59 Å². The molecular weight excluding hydrogens is 352 g/mol. The van der Waals surface area contributed by atoms with E-state index in [9.17, 15) is 9.59 Å². The maximum Gasteiger partial charge on any atom is 0.227 e. The summed E-state index contributed by atoms with van der Waals surface area (Å²) in [6, 6.07) is 13.5. The molecule has 28 heavy (non-hydrogen) atoms. The lowest BCUT2D eigenvalue weighted by molar-refractivity contribution is -0.122. The molecule has 3 rings (SSSR count). The van der Waals surface area contributed by atoms with Crippen molar-refractivity contribution in [3.63, 3.8) is 0 Å². The van der Waals surface area contributed by atoms with Gasteiger partial charge in [-0.25, -0.2) is 0 Å². The third kappa shape index (κ3) is 5.84. The number of hydrogen-bond acceptors (Lipinski definition) is 3. The van der Waals surface area contributed by atoms with Gasteiger partial charge < -0.3 is 15.4 Å². The molecule has 5 nitrogen and oxygen atoms in total. The fourth-order valence-electron chi connectivity index (χ4n) is 3.12. The smallest absolute Gasteiger partial charge is 0.227 e. The van der Waals surface area contributed by atoms with E-state index in [0.29, 0.717) is 13.0 Å². The summed E-state index contributed by atoms with van der Waals surface area (Å²) in [5, 5.41) is 5.91. The van der Waals surface area contributed by atoms with Gasteiger partial charge in [0.1, 0.15) is 5.75 Å². The zero-order valence-electron chi connectivity index (χ0n) is 16.7. The maximum absolute atomic E-state index is 12.2. The predicted octanol–water partition coefficient (Wildman–Crippen LogP) is 4.30. The molecule has 2 amide bonds. The Labute approximate surface area is 166 Å². The monoisotopic (exact) mass is 380 g/mol. The minimum Gasteiger partial charge on any atom is -0.493 e. The van der Waals surface area contributed by atoms with Crippen molar-refractivity contribution in [2.75, 3.05) is 11.9 Å². The molecule has 5 heteroatoms. The van der Waals surface area contributed by atoms with Gasteiger partial charge in [-0.1, -0.05) is 18.2 Å². The van der Waals surface area contributed by atoms with Gasteiger partial charge in [0, 0.05) is 11.6 Å². The summed E-state index contributed by atoms with van der Waals surface area (Å²) in [5.41, 5.74) is 4.07. The maximum atomic E-state index is 12.2. The van der Waals surface area contributed by atoms with Crippen LogP contribution in [0.2, 0.25) is 0 Å². The summed E-state index contributed by atoms with van der Waals surface area (Å²) in [5.74, 6) is 1.02. The lowest BCUT2D eigenvalue weighted by Crippen LogP contribution is -2.27. The van der Waals surface area contributed by atoms with Gasteiger partial charge in [-0.15, -0.1) is 0 Å². The van der Waals surface area contributed by atoms with Crippen LogP contribution in [0.5, 0.6) is 5.75 Å². The summed E-state index contributed by atoms with van der Waals surface area (Å²) in [6.07, 6.45) is 2.27. The Balaban J connectivity index is 1.43. The molecule has 0 aliphatic heterocycles. The number of rotatable bonds is 8. The fourth-order valence-corrected chi connectivity index (χ4v) is 3.12. The molecule has 0 saturated heterocycles. The molecule has 2 aromatic rings. The summed E-state index contributed by atoms with van der Waals surface area (Å²) in [6.45, 7) is 6.34. The molecule has 2 N–H and O–H groups in total. The summed E-state index contributed by atoms with van der Waals surface area (Å²) in [7, 11) is 0. The molecule has 1 atom stereocenters. The lowest BCUT2D eigenvalue weighted by atomic mass is 10.1. The molecule has 0 aromatic heterocycles. The topological polar surface area (TPSA) is 67.4 Å². The quantitative estimate of drug-likeness (QED) is 0.717. The van der Waals surface area contributed by atoms with E-state index in [-0.39, 0.29) is 23.8 Å². The van der Waals surface area contributed by atoms with E-state index < -0.39 is 0 Å². The van der Waals surface area contributed by atoms with Crippen LogP contribution < -0.4 is 15.4 Å². The van der Waals surface area contributed by atoms with Crippen molar-refractivity contribution in [2.45, 2.75) is 46.1 Å². The normalized spacial score (nSPS) is 14.2. The first-order chi connectivity index (χ1) is 13.4. The summed E-state index contributed by atoms with van der Waals surface area (Å²) in [4.78, 5) is 24.0. The van der Waals surface area contributed by atoms with Crippen LogP contribution in [-0.2, 0) is 9.59 Å². The molecule has 148 valence electrons. The average molecular weight is 380 g/mol. The van der Waals surface area contributed by atoms with Crippen LogP contribution >= 0.6 is 0 Å². The van der Waals surface area contributed by atoms with Crippen molar-refractivity contribution >= 4 is 17.5 Å². The first-order valence-corrected chi connectivity index (χ1v) is 9.82. The Kier molecular flexibility index (Phi) is 6.34. The highest BCUT2D eigenvalue weighted by Gasteiger charge is 2.29. The van der Waals surface area contributed by atoms with Crippen LogP contribution in [0.4, 0.5) is 5.69 Å². The summed E-state index contributed by atoms with van der Waals surface area (Å²) >= 11 is 0. The zero-order valence-corrected chi connectivity index (χ0v) is 16.7. The largest absolute Gasteiger partial charge is 0.493 e. The number of aryl methyl sites for hydroxylation is 2. The third-order valence-electron chi connectivity index (χ3n) is 4.80. The van der Waals surface area contributed by atoms with E-state index in [1.807, 2.05) is 57.2 Å². The van der Waals surface area contributed by atoms with Crippen LogP contribution in [-0.4, -0.2) is 18.4 Å². The number of amides is 2. The summed E-state index contributed by atoms with van der Waals surface area (Å²) < 4.78 is 5.70. The van der Waals surface area contributed by atoms with Crippen molar-refractivity contribution in [2.24, 2.45) is 5.92 Å². The Morgan fingerprint density at radius 1 is 1.07 bits per heavy atom. The highest BCUT2D eigenvalue weighted by Crippen LogP contribution is 2.30. The minimum absolute atomic E-state index is 0.0528. The molecule has 0 spiro atoms. The average Bonchev–Trinajstić information content (AvgIpc) is 3.46. The van der Waals surface area contributed by atoms with Crippen LogP contribution in [0.25, 0.3) is 0 Å². The predicted molar refractivity (Wildman–Crippen MR) is 110 cm³/mol. The molecule has 0 bridgehead atoms. The number of carbonyl (C=O) groups excluding carboxylic acids is 2. The van der Waals surface area contributed by atoms with E-state index in [0.717, 1.165) is 41.0 Å². The SMILES string of the molecule is Cc1cc(C)cc(OCCC(=O)NC(C)c2ccc(NC(=O)C3CC3)cc2)c1. The van der Waals surface area contributed by atoms with Gasteiger partial charge in [0.15, 0.2) is 0 Å². The third-order valence-corrected chi connectivity index (χ3v) is 4.80. The molecule has 2 aromatic carbocycles. The number of ether oxygens (including phenoxy) is 1. The van der Waals surface area contributed by atoms with Gasteiger partial charge in [0.05, 0.1) is 19.1 Å². The van der Waals surface area contributed by atoms with Crippen molar-refractivity contribution < 1.29 is 14.3 Å². The second-order valence-corrected chi connectivity index (χ2v) is 7.60. The van der Waals surface area contributed by atoms with E-state index in [4.69, 9.17) is 4.74 Å². The Morgan fingerprint density at radius 3 is 2.32 bits per heavy atom. The van der Waals surface area contributed by atoms with Crippen LogP contribution in [0.3, 0.4) is 0 Å². The Hall–Kier alpha value is -2.82. The van der Waals surface area contributed by atoms with Crippen LogP contribution in [0.15, 0.2) is 42.5 Å². The minimum atomic E-state index is -0.109. The Morgan fingerprint density at radius 2 is 1.71 bits per heavy atom. The number of anilines is 1. The van der Waals surface area contributed by atoms with E-state index in [2.05, 4.69) is 16.7 Å². The van der Waals surface area contributed by atoms with Gasteiger partial charge >= 0.3 is 0 Å². The molecule has 1 aliphatic rings. The highest BCUT2D eigenvalue weighted by atomic mass is 16.5. The second kappa shape index (κ2) is 8.91. The van der Waals surface area contributed by atoms with Gasteiger partial charge in [-0.2, -0.15) is 0 Å². The first-order valence-electron chi connectivity index (χ1n) is 9.82. The second-order valence-electron chi connectivity index (χ2n) is 7.60. The van der Waals surface area contributed by atoms with Crippen molar-refractivity contribution in [1.82, 2.24) is 5.32 Å². The first kappa shape index (κ1) is 19.9. The van der Waals surface area contributed by atoms with Gasteiger partial charge in [0.25, 0.3) is 0 Å². The molecular formula is C23H28N2O3.